The van der Waals surface area contributed by atoms with Crippen molar-refractivity contribution in [1.29, 1.82) is 0 Å². The zero-order valence-corrected chi connectivity index (χ0v) is 13.2. The fourth-order valence-corrected chi connectivity index (χ4v) is 3.24. The lowest BCUT2D eigenvalue weighted by Crippen LogP contribution is -2.19. The van der Waals surface area contributed by atoms with Gasteiger partial charge < -0.3 is 5.32 Å². The average Bonchev–Trinajstić information content (AvgIpc) is 2.50. The van der Waals surface area contributed by atoms with Crippen LogP contribution in [0, 0.1) is 12.3 Å². The van der Waals surface area contributed by atoms with Crippen LogP contribution in [0.5, 0.6) is 0 Å². The van der Waals surface area contributed by atoms with Gasteiger partial charge in [0.15, 0.2) is 0 Å². The van der Waals surface area contributed by atoms with Gasteiger partial charge in [0.2, 0.25) is 0 Å². The van der Waals surface area contributed by atoms with E-state index in [-0.39, 0.29) is 0 Å². The zero-order valence-electron chi connectivity index (χ0n) is 13.2. The van der Waals surface area contributed by atoms with Crippen LogP contribution < -0.4 is 5.32 Å². The van der Waals surface area contributed by atoms with Crippen LogP contribution in [-0.2, 0) is 0 Å². The molecule has 1 aromatic rings. The smallest absolute Gasteiger partial charge is 0.0354 e. The molecule has 1 fully saturated rings. The Morgan fingerprint density at radius 3 is 2.00 bits per heavy atom. The summed E-state index contributed by atoms with van der Waals surface area (Å²) in [4.78, 5) is 0. The topological polar surface area (TPSA) is 12.0 Å². The van der Waals surface area contributed by atoms with Crippen LogP contribution in [0.2, 0.25) is 0 Å². The Hall–Kier alpha value is -1.42. The Kier molecular flexibility index (Phi) is 7.22. The number of hydrogen-bond acceptors (Lipinski definition) is 1. The number of benzene rings is 1. The van der Waals surface area contributed by atoms with Gasteiger partial charge in [-0.2, -0.15) is 0 Å². The molecule has 1 aromatic carbocycles. The number of terminal acetylenes is 1. The summed E-state index contributed by atoms with van der Waals surface area (Å²) >= 11 is 0. The molecule has 1 saturated carbocycles. The van der Waals surface area contributed by atoms with Crippen LogP contribution in [0.25, 0.3) is 0 Å². The van der Waals surface area contributed by atoms with Gasteiger partial charge >= 0.3 is 0 Å². The Balaban J connectivity index is 1.89. The lowest BCUT2D eigenvalue weighted by molar-refractivity contribution is 0.480. The van der Waals surface area contributed by atoms with Crippen molar-refractivity contribution in [2.45, 2.75) is 76.7 Å². The minimum atomic E-state index is 0.609. The molecular formula is C20H29N. The van der Waals surface area contributed by atoms with Crippen molar-refractivity contribution in [3.8, 4) is 12.3 Å². The Labute approximate surface area is 130 Å². The number of rotatable bonds is 2. The van der Waals surface area contributed by atoms with E-state index in [1.807, 2.05) is 12.1 Å². The summed E-state index contributed by atoms with van der Waals surface area (Å²) in [6.07, 6.45) is 20.7. The number of anilines is 1. The average molecular weight is 283 g/mol. The summed E-state index contributed by atoms with van der Waals surface area (Å²) in [5, 5.41) is 3.71. The fourth-order valence-electron chi connectivity index (χ4n) is 3.24. The van der Waals surface area contributed by atoms with Crippen LogP contribution in [0.3, 0.4) is 0 Å². The van der Waals surface area contributed by atoms with Gasteiger partial charge in [0.25, 0.3) is 0 Å². The van der Waals surface area contributed by atoms with Gasteiger partial charge in [0, 0.05) is 17.3 Å². The van der Waals surface area contributed by atoms with Gasteiger partial charge in [-0.15, -0.1) is 6.42 Å². The first-order chi connectivity index (χ1) is 10.4. The summed E-state index contributed by atoms with van der Waals surface area (Å²) in [5.41, 5.74) is 2.15. The summed E-state index contributed by atoms with van der Waals surface area (Å²) in [7, 11) is 0. The van der Waals surface area contributed by atoms with Gasteiger partial charge in [0.1, 0.15) is 0 Å². The number of nitrogens with one attached hydrogen (secondary N) is 1. The lowest BCUT2D eigenvalue weighted by atomic mass is 9.97. The predicted molar refractivity (Wildman–Crippen MR) is 92.6 cm³/mol. The number of hydrogen-bond donors (Lipinski definition) is 1. The summed E-state index contributed by atoms with van der Waals surface area (Å²) < 4.78 is 0. The zero-order chi connectivity index (χ0) is 14.8. The van der Waals surface area contributed by atoms with Crippen molar-refractivity contribution in [1.82, 2.24) is 0 Å². The van der Waals surface area contributed by atoms with Crippen molar-refractivity contribution in [3.63, 3.8) is 0 Å². The molecule has 2 rings (SSSR count). The van der Waals surface area contributed by atoms with Crippen LogP contribution in [0.15, 0.2) is 24.3 Å². The molecule has 1 nitrogen and oxygen atoms in total. The van der Waals surface area contributed by atoms with E-state index in [1.165, 1.54) is 76.3 Å². The first kappa shape index (κ1) is 16.0. The van der Waals surface area contributed by atoms with E-state index in [0.717, 1.165) is 5.56 Å². The third-order valence-corrected chi connectivity index (χ3v) is 4.51. The highest BCUT2D eigenvalue weighted by Gasteiger charge is 2.09. The van der Waals surface area contributed by atoms with Gasteiger partial charge in [0.05, 0.1) is 0 Å². The Morgan fingerprint density at radius 2 is 1.43 bits per heavy atom. The van der Waals surface area contributed by atoms with Gasteiger partial charge in [-0.3, -0.25) is 0 Å². The van der Waals surface area contributed by atoms with Crippen molar-refractivity contribution >= 4 is 5.69 Å². The molecule has 0 atom stereocenters. The molecule has 0 saturated heterocycles. The standard InChI is InChI=1S/C20H29N/c1-2-18-13-12-16-20(17-18)21-19-14-10-8-6-4-3-5-7-9-11-15-19/h1,12-13,16-17,19,21H,3-11,14-15H2. The molecule has 0 amide bonds. The first-order valence-electron chi connectivity index (χ1n) is 8.72. The van der Waals surface area contributed by atoms with E-state index in [4.69, 9.17) is 6.42 Å². The van der Waals surface area contributed by atoms with Gasteiger partial charge in [-0.25, -0.2) is 0 Å². The largest absolute Gasteiger partial charge is 0.382 e. The highest BCUT2D eigenvalue weighted by atomic mass is 14.9. The molecule has 21 heavy (non-hydrogen) atoms. The molecule has 0 unspecified atom stereocenters. The SMILES string of the molecule is C#Cc1cccc(NC2CCCCCCCCCCC2)c1. The Bertz CT molecular complexity index is 431. The molecule has 0 spiro atoms. The van der Waals surface area contributed by atoms with E-state index in [0.29, 0.717) is 6.04 Å². The minimum absolute atomic E-state index is 0.609. The minimum Gasteiger partial charge on any atom is -0.382 e. The normalized spacial score (nSPS) is 19.0. The second-order valence-electron chi connectivity index (χ2n) is 6.33. The second-order valence-corrected chi connectivity index (χ2v) is 6.33. The monoisotopic (exact) mass is 283 g/mol. The quantitative estimate of drug-likeness (QED) is 0.681. The van der Waals surface area contributed by atoms with Crippen molar-refractivity contribution in [2.75, 3.05) is 5.32 Å². The van der Waals surface area contributed by atoms with E-state index in [1.54, 1.807) is 0 Å². The van der Waals surface area contributed by atoms with E-state index >= 15 is 0 Å². The summed E-state index contributed by atoms with van der Waals surface area (Å²) in [6, 6.07) is 8.88. The lowest BCUT2D eigenvalue weighted by Gasteiger charge is -2.21. The molecule has 1 heteroatoms. The molecule has 1 N–H and O–H groups in total. The molecule has 1 aliphatic rings. The second kappa shape index (κ2) is 9.50. The van der Waals surface area contributed by atoms with Crippen LogP contribution in [-0.4, -0.2) is 6.04 Å². The van der Waals surface area contributed by atoms with Gasteiger partial charge in [-0.1, -0.05) is 69.8 Å². The molecule has 1 aliphatic carbocycles. The van der Waals surface area contributed by atoms with Crippen molar-refractivity contribution in [2.24, 2.45) is 0 Å². The molecule has 0 bridgehead atoms. The molecule has 114 valence electrons. The van der Waals surface area contributed by atoms with Gasteiger partial charge in [-0.05, 0) is 31.0 Å². The molecular weight excluding hydrogens is 254 g/mol. The fraction of sp³-hybridized carbons (Fsp3) is 0.600. The van der Waals surface area contributed by atoms with E-state index < -0.39 is 0 Å². The van der Waals surface area contributed by atoms with Crippen molar-refractivity contribution < 1.29 is 0 Å². The third-order valence-electron chi connectivity index (χ3n) is 4.51. The third kappa shape index (κ3) is 6.25. The molecule has 0 radical (unpaired) electrons. The van der Waals surface area contributed by atoms with Crippen LogP contribution in [0.1, 0.15) is 76.2 Å². The van der Waals surface area contributed by atoms with Crippen LogP contribution in [0.4, 0.5) is 5.69 Å². The summed E-state index contributed by atoms with van der Waals surface area (Å²) in [5.74, 6) is 2.72. The van der Waals surface area contributed by atoms with E-state index in [2.05, 4.69) is 23.4 Å². The molecule has 0 aliphatic heterocycles. The molecule has 0 heterocycles. The highest BCUT2D eigenvalue weighted by molar-refractivity contribution is 5.50. The first-order valence-corrected chi connectivity index (χ1v) is 8.72. The predicted octanol–water partition coefficient (Wildman–Crippen LogP) is 5.75. The molecule has 0 aromatic heterocycles. The van der Waals surface area contributed by atoms with E-state index in [9.17, 15) is 0 Å². The highest BCUT2D eigenvalue weighted by Crippen LogP contribution is 2.20. The Morgan fingerprint density at radius 1 is 0.857 bits per heavy atom. The van der Waals surface area contributed by atoms with Crippen LogP contribution >= 0.6 is 0 Å². The summed E-state index contributed by atoms with van der Waals surface area (Å²) in [6.45, 7) is 0. The maximum atomic E-state index is 5.49. The van der Waals surface area contributed by atoms with Crippen molar-refractivity contribution in [3.05, 3.63) is 29.8 Å². The maximum absolute atomic E-state index is 5.49. The maximum Gasteiger partial charge on any atom is 0.0354 e.